The molecule has 0 rings (SSSR count). The first-order valence-electron chi connectivity index (χ1n) is 4.54. The molecule has 7 heteroatoms. The van der Waals surface area contributed by atoms with Gasteiger partial charge in [0.2, 0.25) is 0 Å². The van der Waals surface area contributed by atoms with Gasteiger partial charge in [0.15, 0.2) is 0 Å². The molecule has 2 atom stereocenters. The van der Waals surface area contributed by atoms with E-state index >= 15 is 0 Å². The fourth-order valence-corrected chi connectivity index (χ4v) is 0.784. The molecule has 0 aliphatic heterocycles. The monoisotopic (exact) mass is 225 g/mol. The Balaban J connectivity index is 3.55. The Morgan fingerprint density at radius 3 is 1.60 bits per heavy atom. The SMILES string of the molecule is COCC(CO)ONOC(CO)COC. The molecular weight excluding hydrogens is 206 g/mol. The van der Waals surface area contributed by atoms with Crippen LogP contribution in [-0.2, 0) is 19.1 Å². The zero-order chi connectivity index (χ0) is 11.5. The van der Waals surface area contributed by atoms with Crippen LogP contribution in [0.15, 0.2) is 0 Å². The van der Waals surface area contributed by atoms with Crippen LogP contribution >= 0.6 is 0 Å². The highest BCUT2D eigenvalue weighted by molar-refractivity contribution is 4.52. The van der Waals surface area contributed by atoms with Gasteiger partial charge < -0.3 is 19.7 Å². The van der Waals surface area contributed by atoms with E-state index in [1.54, 1.807) is 0 Å². The van der Waals surface area contributed by atoms with Crippen LogP contribution in [0.4, 0.5) is 0 Å². The summed E-state index contributed by atoms with van der Waals surface area (Å²) >= 11 is 0. The summed E-state index contributed by atoms with van der Waals surface area (Å²) in [6.07, 6.45) is -1.03. The van der Waals surface area contributed by atoms with Crippen molar-refractivity contribution in [2.24, 2.45) is 0 Å². The van der Waals surface area contributed by atoms with Crippen LogP contribution in [0.25, 0.3) is 0 Å². The minimum absolute atomic E-state index is 0.196. The minimum Gasteiger partial charge on any atom is -0.393 e. The second-order valence-corrected chi connectivity index (χ2v) is 2.84. The molecule has 0 aliphatic carbocycles. The molecule has 15 heavy (non-hydrogen) atoms. The molecule has 0 aromatic heterocycles. The molecule has 0 aromatic rings. The molecular formula is C8H19NO6. The van der Waals surface area contributed by atoms with Crippen molar-refractivity contribution < 1.29 is 29.4 Å². The van der Waals surface area contributed by atoms with Gasteiger partial charge in [-0.2, -0.15) is 0 Å². The number of aliphatic hydroxyl groups is 2. The van der Waals surface area contributed by atoms with Crippen LogP contribution in [0.3, 0.4) is 0 Å². The van der Waals surface area contributed by atoms with Gasteiger partial charge in [0.05, 0.1) is 26.4 Å². The topological polar surface area (TPSA) is 89.4 Å². The smallest absolute Gasteiger partial charge is 0.128 e. The normalized spacial score (nSPS) is 15.2. The predicted octanol–water partition coefficient (Wildman–Crippen LogP) is -1.55. The molecule has 0 aliphatic rings. The molecule has 3 N–H and O–H groups in total. The Morgan fingerprint density at radius 1 is 0.933 bits per heavy atom. The van der Waals surface area contributed by atoms with Crippen LogP contribution in [0.5, 0.6) is 0 Å². The fraction of sp³-hybridized carbons (Fsp3) is 1.00. The van der Waals surface area contributed by atoms with Crippen molar-refractivity contribution in [2.75, 3.05) is 40.6 Å². The van der Waals surface area contributed by atoms with E-state index < -0.39 is 12.2 Å². The van der Waals surface area contributed by atoms with Crippen molar-refractivity contribution in [2.45, 2.75) is 12.2 Å². The van der Waals surface area contributed by atoms with E-state index in [0.717, 1.165) is 0 Å². The summed E-state index contributed by atoms with van der Waals surface area (Å²) in [5, 5.41) is 17.6. The zero-order valence-electron chi connectivity index (χ0n) is 9.01. The molecule has 0 bridgehead atoms. The predicted molar refractivity (Wildman–Crippen MR) is 50.8 cm³/mol. The standard InChI is InChI=1S/C8H19NO6/c1-12-5-7(3-10)14-9-15-8(4-11)6-13-2/h7-11H,3-6H2,1-2H3. The second kappa shape index (κ2) is 10.2. The van der Waals surface area contributed by atoms with Crippen LogP contribution in [-0.4, -0.2) is 63.1 Å². The van der Waals surface area contributed by atoms with E-state index in [2.05, 4.69) is 5.64 Å². The first-order chi connectivity index (χ1) is 7.28. The minimum atomic E-state index is -0.517. The number of hydrogen-bond donors (Lipinski definition) is 3. The molecule has 0 saturated heterocycles. The van der Waals surface area contributed by atoms with Crippen molar-refractivity contribution in [3.63, 3.8) is 0 Å². The molecule has 0 heterocycles. The van der Waals surface area contributed by atoms with Gasteiger partial charge >= 0.3 is 0 Å². The van der Waals surface area contributed by atoms with Crippen molar-refractivity contribution in [1.29, 1.82) is 0 Å². The largest absolute Gasteiger partial charge is 0.393 e. The molecule has 0 spiro atoms. The van der Waals surface area contributed by atoms with Gasteiger partial charge in [-0.25, -0.2) is 0 Å². The first kappa shape index (κ1) is 14.7. The van der Waals surface area contributed by atoms with Crippen LogP contribution in [0.2, 0.25) is 0 Å². The summed E-state index contributed by atoms with van der Waals surface area (Å²) in [5.41, 5.74) is 2.18. The van der Waals surface area contributed by atoms with Crippen LogP contribution in [0, 0.1) is 0 Å². The van der Waals surface area contributed by atoms with Crippen molar-refractivity contribution >= 4 is 0 Å². The van der Waals surface area contributed by atoms with E-state index in [-0.39, 0.29) is 26.4 Å². The van der Waals surface area contributed by atoms with Gasteiger partial charge in [-0.05, 0) is 0 Å². The summed E-state index contributed by atoms with van der Waals surface area (Å²) in [7, 11) is 2.99. The van der Waals surface area contributed by atoms with Gasteiger partial charge in [-0.15, -0.1) is 0 Å². The lowest BCUT2D eigenvalue weighted by atomic mass is 10.4. The van der Waals surface area contributed by atoms with E-state index in [1.165, 1.54) is 14.2 Å². The summed E-state index contributed by atoms with van der Waals surface area (Å²) in [4.78, 5) is 9.79. The molecule has 92 valence electrons. The zero-order valence-corrected chi connectivity index (χ0v) is 9.01. The lowest BCUT2D eigenvalue weighted by Gasteiger charge is -2.17. The molecule has 0 amide bonds. The quantitative estimate of drug-likeness (QED) is 0.388. The van der Waals surface area contributed by atoms with Gasteiger partial charge in [0.1, 0.15) is 12.2 Å². The average Bonchev–Trinajstić information content (AvgIpc) is 2.26. The van der Waals surface area contributed by atoms with E-state index in [1.807, 2.05) is 0 Å². The third kappa shape index (κ3) is 7.63. The van der Waals surface area contributed by atoms with E-state index in [4.69, 9.17) is 29.4 Å². The maximum Gasteiger partial charge on any atom is 0.128 e. The average molecular weight is 225 g/mol. The number of ether oxygens (including phenoxy) is 2. The summed E-state index contributed by atoms with van der Waals surface area (Å²) in [6.45, 7) is 0.0817. The fourth-order valence-electron chi connectivity index (χ4n) is 0.784. The summed E-state index contributed by atoms with van der Waals surface area (Å²) in [6, 6.07) is 0. The highest BCUT2D eigenvalue weighted by Crippen LogP contribution is 1.92. The Labute approximate surface area is 88.8 Å². The molecule has 0 fully saturated rings. The van der Waals surface area contributed by atoms with Gasteiger partial charge in [0.25, 0.3) is 0 Å². The Morgan fingerprint density at radius 2 is 1.33 bits per heavy atom. The molecule has 0 aromatic carbocycles. The molecule has 0 saturated carbocycles. The van der Waals surface area contributed by atoms with Crippen LogP contribution in [0.1, 0.15) is 0 Å². The maximum atomic E-state index is 8.81. The van der Waals surface area contributed by atoms with E-state index in [9.17, 15) is 0 Å². The third-order valence-electron chi connectivity index (χ3n) is 1.54. The number of aliphatic hydroxyl groups excluding tert-OH is 2. The lowest BCUT2D eigenvalue weighted by molar-refractivity contribution is -0.244. The van der Waals surface area contributed by atoms with Crippen molar-refractivity contribution in [1.82, 2.24) is 5.64 Å². The Hall–Kier alpha value is -0.280. The molecule has 2 unspecified atom stereocenters. The first-order valence-corrected chi connectivity index (χ1v) is 4.54. The summed E-state index contributed by atoms with van der Waals surface area (Å²) < 4.78 is 9.54. The summed E-state index contributed by atoms with van der Waals surface area (Å²) in [5.74, 6) is 0. The number of hydrogen-bond acceptors (Lipinski definition) is 7. The van der Waals surface area contributed by atoms with Gasteiger partial charge in [-0.3, -0.25) is 9.68 Å². The maximum absolute atomic E-state index is 8.81. The van der Waals surface area contributed by atoms with Gasteiger partial charge in [-0.1, -0.05) is 5.64 Å². The number of methoxy groups -OCH3 is 2. The highest BCUT2D eigenvalue weighted by atomic mass is 16.9. The van der Waals surface area contributed by atoms with Gasteiger partial charge in [0, 0.05) is 14.2 Å². The van der Waals surface area contributed by atoms with E-state index in [0.29, 0.717) is 0 Å². The Bertz CT molecular complexity index is 122. The number of nitrogens with one attached hydrogen (secondary N) is 1. The molecule has 7 nitrogen and oxygen atoms in total. The highest BCUT2D eigenvalue weighted by Gasteiger charge is 2.10. The Kier molecular flexibility index (Phi) is 10.1. The van der Waals surface area contributed by atoms with Crippen molar-refractivity contribution in [3.05, 3.63) is 0 Å². The molecule has 0 radical (unpaired) electrons. The number of rotatable bonds is 10. The second-order valence-electron chi connectivity index (χ2n) is 2.84. The van der Waals surface area contributed by atoms with Crippen LogP contribution < -0.4 is 5.64 Å². The van der Waals surface area contributed by atoms with Crippen molar-refractivity contribution in [3.8, 4) is 0 Å². The lowest BCUT2D eigenvalue weighted by Crippen LogP contribution is -2.36. The third-order valence-corrected chi connectivity index (χ3v) is 1.54.